The van der Waals surface area contributed by atoms with Crippen LogP contribution < -0.4 is 10.9 Å². The van der Waals surface area contributed by atoms with E-state index in [1.807, 2.05) is 30.3 Å². The maximum Gasteiger partial charge on any atom is 0.341 e. The highest BCUT2D eigenvalue weighted by molar-refractivity contribution is 7.99. The number of nitrogens with zero attached hydrogens (tertiary/aromatic N) is 2. The van der Waals surface area contributed by atoms with Gasteiger partial charge in [0.1, 0.15) is 9.83 Å². The lowest BCUT2D eigenvalue weighted by molar-refractivity contribution is -0.113. The molecule has 0 radical (unpaired) electrons. The fraction of sp³-hybridized carbons (Fsp3) is 0.379. The Morgan fingerprint density at radius 3 is 2.69 bits per heavy atom. The van der Waals surface area contributed by atoms with Crippen LogP contribution in [-0.4, -0.2) is 34.3 Å². The summed E-state index contributed by atoms with van der Waals surface area (Å²) in [7, 11) is 1.37. The highest BCUT2D eigenvalue weighted by Crippen LogP contribution is 2.39. The van der Waals surface area contributed by atoms with Gasteiger partial charge in [0, 0.05) is 9.75 Å². The highest BCUT2D eigenvalue weighted by atomic mass is 32.2. The monoisotopic (exact) mass is 579 g/mol. The predicted molar refractivity (Wildman–Crippen MR) is 158 cm³/mol. The van der Waals surface area contributed by atoms with Gasteiger partial charge in [-0.1, -0.05) is 36.9 Å². The number of hydrogen-bond acceptors (Lipinski definition) is 8. The van der Waals surface area contributed by atoms with Crippen molar-refractivity contribution < 1.29 is 14.3 Å². The first-order valence-electron chi connectivity index (χ1n) is 13.2. The summed E-state index contributed by atoms with van der Waals surface area (Å²) in [6.07, 6.45) is 6.76. The normalized spacial score (nSPS) is 16.5. The zero-order chi connectivity index (χ0) is 27.1. The number of methoxy groups -OCH3 is 1. The number of nitrogens with one attached hydrogen (secondary N) is 1. The number of amides is 1. The molecule has 10 heteroatoms. The molecule has 202 valence electrons. The Morgan fingerprint density at radius 1 is 1.10 bits per heavy atom. The molecule has 0 saturated carbocycles. The van der Waals surface area contributed by atoms with Crippen molar-refractivity contribution in [2.45, 2.75) is 57.0 Å². The minimum absolute atomic E-state index is 0.0517. The van der Waals surface area contributed by atoms with Gasteiger partial charge < -0.3 is 10.1 Å². The average Bonchev–Trinajstić information content (AvgIpc) is 3.49. The van der Waals surface area contributed by atoms with Crippen molar-refractivity contribution in [2.75, 3.05) is 18.2 Å². The number of benzene rings is 1. The van der Waals surface area contributed by atoms with Crippen molar-refractivity contribution in [2.24, 2.45) is 5.92 Å². The maximum atomic E-state index is 13.9. The van der Waals surface area contributed by atoms with Crippen LogP contribution in [0.25, 0.3) is 15.9 Å². The summed E-state index contributed by atoms with van der Waals surface area (Å²) in [6, 6.07) is 9.47. The molecule has 0 bridgehead atoms. The number of ether oxygens (including phenoxy) is 1. The number of aryl methyl sites for hydroxylation is 2. The van der Waals surface area contributed by atoms with Gasteiger partial charge in [-0.2, -0.15) is 0 Å². The highest BCUT2D eigenvalue weighted by Gasteiger charge is 2.28. The van der Waals surface area contributed by atoms with Crippen LogP contribution in [0.2, 0.25) is 0 Å². The number of carbonyl (C=O) groups excluding carboxylic acids is 2. The zero-order valence-electron chi connectivity index (χ0n) is 21.9. The van der Waals surface area contributed by atoms with Crippen LogP contribution in [0.15, 0.2) is 40.3 Å². The van der Waals surface area contributed by atoms with Gasteiger partial charge >= 0.3 is 5.97 Å². The molecule has 1 atom stereocenters. The van der Waals surface area contributed by atoms with E-state index in [1.54, 1.807) is 15.9 Å². The summed E-state index contributed by atoms with van der Waals surface area (Å²) < 4.78 is 6.67. The third-order valence-electron chi connectivity index (χ3n) is 7.46. The van der Waals surface area contributed by atoms with Crippen LogP contribution in [0, 0.1) is 5.92 Å². The Bertz CT molecular complexity index is 1640. The molecule has 39 heavy (non-hydrogen) atoms. The van der Waals surface area contributed by atoms with Crippen molar-refractivity contribution in [3.63, 3.8) is 0 Å². The first-order valence-corrected chi connectivity index (χ1v) is 15.8. The maximum absolute atomic E-state index is 13.9. The molecule has 3 heterocycles. The number of rotatable bonds is 6. The molecule has 0 spiro atoms. The van der Waals surface area contributed by atoms with Crippen LogP contribution in [0.3, 0.4) is 0 Å². The van der Waals surface area contributed by atoms with E-state index in [1.165, 1.54) is 35.1 Å². The van der Waals surface area contributed by atoms with Crippen LogP contribution in [0.5, 0.6) is 0 Å². The van der Waals surface area contributed by atoms with Crippen LogP contribution in [-0.2, 0) is 35.2 Å². The van der Waals surface area contributed by atoms with Gasteiger partial charge in [0.05, 0.1) is 29.5 Å². The number of hydrogen-bond donors (Lipinski definition) is 1. The minimum Gasteiger partial charge on any atom is -0.465 e. The van der Waals surface area contributed by atoms with E-state index in [2.05, 4.69) is 12.2 Å². The number of fused-ring (bicyclic) bond motifs is 4. The van der Waals surface area contributed by atoms with Crippen molar-refractivity contribution in [1.82, 2.24) is 9.55 Å². The second kappa shape index (κ2) is 10.9. The second-order valence-corrected chi connectivity index (χ2v) is 13.3. The van der Waals surface area contributed by atoms with Gasteiger partial charge in [-0.05, 0) is 74.1 Å². The lowest BCUT2D eigenvalue weighted by Crippen LogP contribution is -2.23. The molecule has 7 nitrogen and oxygen atoms in total. The van der Waals surface area contributed by atoms with Crippen LogP contribution >= 0.6 is 34.4 Å². The second-order valence-electron chi connectivity index (χ2n) is 10.1. The fourth-order valence-corrected chi connectivity index (χ4v) is 9.07. The molecular weight excluding hydrogens is 551 g/mol. The predicted octanol–water partition coefficient (Wildman–Crippen LogP) is 6.03. The summed E-state index contributed by atoms with van der Waals surface area (Å²) in [6.45, 7) is 2.25. The van der Waals surface area contributed by atoms with Crippen molar-refractivity contribution in [3.05, 3.63) is 67.1 Å². The van der Waals surface area contributed by atoms with Gasteiger partial charge in [-0.15, -0.1) is 22.7 Å². The Kier molecular flexibility index (Phi) is 7.35. The molecule has 0 fully saturated rings. The van der Waals surface area contributed by atoms with Gasteiger partial charge in [-0.3, -0.25) is 14.2 Å². The number of esters is 1. The van der Waals surface area contributed by atoms with E-state index in [0.29, 0.717) is 27.0 Å². The molecule has 1 aromatic carbocycles. The van der Waals surface area contributed by atoms with E-state index in [4.69, 9.17) is 9.72 Å². The largest absolute Gasteiger partial charge is 0.465 e. The standard InChI is InChI=1S/C29H29N3O4S3/c1-16-12-13-19-21(14-16)39-25-23(19)27(34)32(17-8-4-3-5-9-17)29(31-25)37-15-22(33)30-26-24(28(35)36-2)18-10-6-7-11-20(18)38-26/h3-5,8-9,16H,6-7,10-15H2,1-2H3,(H,30,33)/t16-/m1/s1. The molecule has 6 rings (SSSR count). The summed E-state index contributed by atoms with van der Waals surface area (Å²) in [5.74, 6) is -0.0246. The fourth-order valence-electron chi connectivity index (χ4n) is 5.54. The average molecular weight is 580 g/mol. The quantitative estimate of drug-likeness (QED) is 0.170. The van der Waals surface area contributed by atoms with Crippen molar-refractivity contribution >= 4 is 61.5 Å². The lowest BCUT2D eigenvalue weighted by atomic mass is 9.89. The summed E-state index contributed by atoms with van der Waals surface area (Å²) >= 11 is 4.31. The Labute approximate surface area is 238 Å². The molecule has 0 unspecified atom stereocenters. The smallest absolute Gasteiger partial charge is 0.341 e. The first-order chi connectivity index (χ1) is 18.9. The third-order valence-corrected chi connectivity index (χ3v) is 10.8. The number of carbonyl (C=O) groups is 2. The molecular formula is C29H29N3O4S3. The lowest BCUT2D eigenvalue weighted by Gasteiger charge is -2.17. The number of aromatic nitrogens is 2. The summed E-state index contributed by atoms with van der Waals surface area (Å²) in [5, 5.41) is 4.70. The first kappa shape index (κ1) is 26.3. The van der Waals surface area contributed by atoms with Crippen LogP contribution in [0.1, 0.15) is 57.4 Å². The molecule has 1 N–H and O–H groups in total. The van der Waals surface area contributed by atoms with Crippen LogP contribution in [0.4, 0.5) is 5.00 Å². The topological polar surface area (TPSA) is 90.3 Å². The Hall–Kier alpha value is -2.95. The van der Waals surface area contributed by atoms with Gasteiger partial charge in [0.2, 0.25) is 5.91 Å². The molecule has 4 aromatic rings. The van der Waals surface area contributed by atoms with Crippen molar-refractivity contribution in [1.29, 1.82) is 0 Å². The van der Waals surface area contributed by atoms with E-state index in [0.717, 1.165) is 71.5 Å². The Balaban J connectivity index is 1.32. The number of thiophene rings is 2. The van der Waals surface area contributed by atoms with Gasteiger partial charge in [0.15, 0.2) is 5.16 Å². The van der Waals surface area contributed by atoms with E-state index >= 15 is 0 Å². The van der Waals surface area contributed by atoms with E-state index in [-0.39, 0.29) is 17.2 Å². The molecule has 3 aromatic heterocycles. The molecule has 2 aliphatic rings. The zero-order valence-corrected chi connectivity index (χ0v) is 24.3. The SMILES string of the molecule is COC(=O)c1c(NC(=O)CSc2nc3sc4c(c3c(=O)n2-c2ccccc2)CC[C@@H](C)C4)sc2c1CCCC2. The summed E-state index contributed by atoms with van der Waals surface area (Å²) in [4.78, 5) is 47.7. The summed E-state index contributed by atoms with van der Waals surface area (Å²) in [5.41, 5.74) is 3.27. The van der Waals surface area contributed by atoms with Gasteiger partial charge in [-0.25, -0.2) is 9.78 Å². The minimum atomic E-state index is -0.418. The third kappa shape index (κ3) is 4.94. The number of anilines is 1. The van der Waals surface area contributed by atoms with E-state index in [9.17, 15) is 14.4 Å². The number of thioether (sulfide) groups is 1. The number of para-hydroxylation sites is 1. The van der Waals surface area contributed by atoms with E-state index < -0.39 is 5.97 Å². The Morgan fingerprint density at radius 2 is 1.90 bits per heavy atom. The van der Waals surface area contributed by atoms with Crippen molar-refractivity contribution in [3.8, 4) is 5.69 Å². The molecule has 1 amide bonds. The van der Waals surface area contributed by atoms with Gasteiger partial charge in [0.25, 0.3) is 5.56 Å². The molecule has 0 saturated heterocycles. The molecule has 2 aliphatic carbocycles. The molecule has 0 aliphatic heterocycles.